The van der Waals surface area contributed by atoms with Gasteiger partial charge in [0.15, 0.2) is 0 Å². The normalized spacial score (nSPS) is 12.1. The number of carbonyl (C=O) groups excluding carboxylic acids is 2. The molecule has 116 valence electrons. The number of benzene rings is 2. The number of hydrogen-bond acceptors (Lipinski definition) is 3. The van der Waals surface area contributed by atoms with E-state index in [9.17, 15) is 9.59 Å². The van der Waals surface area contributed by atoms with E-state index >= 15 is 0 Å². The molecule has 4 nitrogen and oxygen atoms in total. The predicted molar refractivity (Wildman–Crippen MR) is 90.9 cm³/mol. The van der Waals surface area contributed by atoms with Gasteiger partial charge in [0.2, 0.25) is 0 Å². The van der Waals surface area contributed by atoms with Gasteiger partial charge in [-0.05, 0) is 30.2 Å². The van der Waals surface area contributed by atoms with Gasteiger partial charge in [0.1, 0.15) is 5.57 Å². The highest BCUT2D eigenvalue weighted by Crippen LogP contribution is 2.46. The highest BCUT2D eigenvalue weighted by Gasteiger charge is 2.28. The van der Waals surface area contributed by atoms with Gasteiger partial charge < -0.3 is 11.1 Å². The van der Waals surface area contributed by atoms with Crippen molar-refractivity contribution in [3.8, 4) is 0 Å². The lowest BCUT2D eigenvalue weighted by Crippen LogP contribution is -2.32. The molecule has 2 aromatic carbocycles. The Kier molecular flexibility index (Phi) is 4.21. The van der Waals surface area contributed by atoms with E-state index in [1.54, 1.807) is 18.7 Å². The average molecular weight is 324 g/mol. The molecule has 0 fully saturated rings. The second-order valence-electron chi connectivity index (χ2n) is 5.07. The van der Waals surface area contributed by atoms with Crippen LogP contribution in [0.2, 0.25) is 0 Å². The maximum absolute atomic E-state index is 12.4. The molecule has 0 saturated heterocycles. The molecule has 23 heavy (non-hydrogen) atoms. The first kappa shape index (κ1) is 15.4. The van der Waals surface area contributed by atoms with Crippen molar-refractivity contribution in [1.29, 1.82) is 0 Å². The summed E-state index contributed by atoms with van der Waals surface area (Å²) in [6, 6.07) is 15.4. The van der Waals surface area contributed by atoms with Crippen molar-refractivity contribution in [2.45, 2.75) is 16.7 Å². The molecule has 3 rings (SSSR count). The second-order valence-corrected chi connectivity index (χ2v) is 6.15. The van der Waals surface area contributed by atoms with Crippen molar-refractivity contribution >= 4 is 29.1 Å². The molecular formula is C18H16N2O2S. The van der Waals surface area contributed by atoms with Crippen LogP contribution in [0.1, 0.15) is 18.1 Å². The van der Waals surface area contributed by atoms with Gasteiger partial charge in [-0.1, -0.05) is 48.2 Å². The van der Waals surface area contributed by atoms with Gasteiger partial charge in [-0.15, -0.1) is 0 Å². The van der Waals surface area contributed by atoms with Gasteiger partial charge in [0.05, 0.1) is 0 Å². The topological polar surface area (TPSA) is 72.2 Å². The predicted octanol–water partition coefficient (Wildman–Crippen LogP) is 2.57. The van der Waals surface area contributed by atoms with E-state index in [1.165, 1.54) is 0 Å². The van der Waals surface area contributed by atoms with Crippen LogP contribution < -0.4 is 11.1 Å². The first-order valence-electron chi connectivity index (χ1n) is 7.32. The Morgan fingerprint density at radius 1 is 1.00 bits per heavy atom. The van der Waals surface area contributed by atoms with E-state index in [0.717, 1.165) is 20.9 Å². The molecule has 1 heterocycles. The van der Waals surface area contributed by atoms with Crippen LogP contribution in [0, 0.1) is 0 Å². The summed E-state index contributed by atoms with van der Waals surface area (Å²) in [5.41, 5.74) is 7.88. The van der Waals surface area contributed by atoms with Gasteiger partial charge >= 0.3 is 0 Å². The number of fused-ring (bicyclic) bond motifs is 2. The summed E-state index contributed by atoms with van der Waals surface area (Å²) < 4.78 is 0. The summed E-state index contributed by atoms with van der Waals surface area (Å²) >= 11 is 1.62. The summed E-state index contributed by atoms with van der Waals surface area (Å²) in [4.78, 5) is 26.5. The molecule has 1 aliphatic heterocycles. The quantitative estimate of drug-likeness (QED) is 0.442. The lowest BCUT2D eigenvalue weighted by atomic mass is 9.91. The number of carbonyl (C=O) groups is 2. The molecule has 2 aromatic rings. The molecule has 0 unspecified atom stereocenters. The minimum Gasteiger partial charge on any atom is -0.365 e. The molecule has 0 aliphatic carbocycles. The smallest absolute Gasteiger partial charge is 0.257 e. The van der Waals surface area contributed by atoms with Crippen LogP contribution in [-0.4, -0.2) is 18.4 Å². The summed E-state index contributed by atoms with van der Waals surface area (Å²) in [6.45, 7) is 2.24. The molecule has 2 amide bonds. The van der Waals surface area contributed by atoms with Crippen LogP contribution in [0.15, 0.2) is 63.9 Å². The van der Waals surface area contributed by atoms with Crippen molar-refractivity contribution in [3.05, 3.63) is 65.2 Å². The Bertz CT molecular complexity index is 780. The monoisotopic (exact) mass is 324 g/mol. The van der Waals surface area contributed by atoms with Crippen molar-refractivity contribution in [2.24, 2.45) is 5.73 Å². The van der Waals surface area contributed by atoms with E-state index in [1.807, 2.05) is 48.5 Å². The Balaban J connectivity index is 2.34. The minimum atomic E-state index is -0.720. The van der Waals surface area contributed by atoms with Crippen LogP contribution in [0.25, 0.3) is 5.57 Å². The fourth-order valence-corrected chi connectivity index (χ4v) is 3.75. The van der Waals surface area contributed by atoms with E-state index < -0.39 is 11.8 Å². The van der Waals surface area contributed by atoms with E-state index in [4.69, 9.17) is 5.73 Å². The van der Waals surface area contributed by atoms with Crippen LogP contribution in [-0.2, 0) is 9.59 Å². The minimum absolute atomic E-state index is 0.00653. The highest BCUT2D eigenvalue weighted by molar-refractivity contribution is 7.99. The summed E-state index contributed by atoms with van der Waals surface area (Å²) in [5.74, 6) is -1.16. The molecule has 0 bridgehead atoms. The fraction of sp³-hybridized carbons (Fsp3) is 0.111. The van der Waals surface area contributed by atoms with E-state index in [0.29, 0.717) is 12.1 Å². The summed E-state index contributed by atoms with van der Waals surface area (Å²) in [6.07, 6.45) is 0. The van der Waals surface area contributed by atoms with Crippen LogP contribution in [0.4, 0.5) is 0 Å². The maximum Gasteiger partial charge on any atom is 0.257 e. The van der Waals surface area contributed by atoms with E-state index in [-0.39, 0.29) is 5.57 Å². The Morgan fingerprint density at radius 3 is 2.00 bits per heavy atom. The van der Waals surface area contributed by atoms with Crippen molar-refractivity contribution in [3.63, 3.8) is 0 Å². The third-order valence-corrected chi connectivity index (χ3v) is 4.75. The number of primary amides is 1. The average Bonchev–Trinajstić information content (AvgIpc) is 2.54. The SMILES string of the molecule is CCNC(=O)C(C(N)=O)=C1c2ccccc2Sc2ccccc21. The van der Waals surface area contributed by atoms with Crippen molar-refractivity contribution in [2.75, 3.05) is 6.54 Å². The molecule has 0 spiro atoms. The first-order valence-corrected chi connectivity index (χ1v) is 8.14. The molecule has 1 aliphatic rings. The van der Waals surface area contributed by atoms with Gasteiger partial charge in [-0.25, -0.2) is 0 Å². The third-order valence-electron chi connectivity index (χ3n) is 3.59. The van der Waals surface area contributed by atoms with Crippen molar-refractivity contribution < 1.29 is 9.59 Å². The summed E-state index contributed by atoms with van der Waals surface area (Å²) in [7, 11) is 0. The number of nitrogens with one attached hydrogen (secondary N) is 1. The lowest BCUT2D eigenvalue weighted by Gasteiger charge is -2.23. The van der Waals surface area contributed by atoms with Gasteiger partial charge in [0, 0.05) is 21.9 Å². The number of likely N-dealkylation sites (N-methyl/N-ethyl adjacent to an activating group) is 1. The summed E-state index contributed by atoms with van der Waals surface area (Å²) in [5, 5.41) is 2.68. The fourth-order valence-electron chi connectivity index (χ4n) is 2.65. The zero-order chi connectivity index (χ0) is 16.4. The van der Waals surface area contributed by atoms with Crippen molar-refractivity contribution in [1.82, 2.24) is 5.32 Å². The largest absolute Gasteiger partial charge is 0.365 e. The molecular weight excluding hydrogens is 308 g/mol. The number of rotatable bonds is 3. The van der Waals surface area contributed by atoms with Crippen LogP contribution >= 0.6 is 11.8 Å². The number of amides is 2. The van der Waals surface area contributed by atoms with Gasteiger partial charge in [0.25, 0.3) is 11.8 Å². The zero-order valence-electron chi connectivity index (χ0n) is 12.6. The van der Waals surface area contributed by atoms with E-state index in [2.05, 4.69) is 5.32 Å². The number of hydrogen-bond donors (Lipinski definition) is 2. The standard InChI is InChI=1S/C18H16N2O2S/c1-2-20-18(22)16(17(19)21)15-11-7-3-5-9-13(11)23-14-10-6-4-8-12(14)15/h3-10H,2H2,1H3,(H2,19,21)(H,20,22). The Morgan fingerprint density at radius 2 is 1.52 bits per heavy atom. The molecule has 5 heteroatoms. The first-order chi connectivity index (χ1) is 11.1. The van der Waals surface area contributed by atoms with Crippen LogP contribution in [0.5, 0.6) is 0 Å². The van der Waals surface area contributed by atoms with Gasteiger partial charge in [-0.3, -0.25) is 9.59 Å². The van der Waals surface area contributed by atoms with Crippen LogP contribution in [0.3, 0.4) is 0 Å². The Labute approximate surface area is 138 Å². The maximum atomic E-state index is 12.4. The molecule has 0 saturated carbocycles. The molecule has 3 N–H and O–H groups in total. The zero-order valence-corrected chi connectivity index (χ0v) is 13.4. The second kappa shape index (κ2) is 6.30. The Hall–Kier alpha value is -2.53. The number of nitrogens with two attached hydrogens (primary N) is 1. The highest BCUT2D eigenvalue weighted by atomic mass is 32.2. The molecule has 0 atom stereocenters. The molecule has 0 aromatic heterocycles. The lowest BCUT2D eigenvalue weighted by molar-refractivity contribution is -0.121. The third kappa shape index (κ3) is 2.75. The molecule has 0 radical (unpaired) electrons. The van der Waals surface area contributed by atoms with Gasteiger partial charge in [-0.2, -0.15) is 0 Å².